The number of rotatable bonds is 6. The molecule has 1 aliphatic heterocycles. The molecule has 1 aromatic heterocycles. The zero-order valence-electron chi connectivity index (χ0n) is 12.5. The summed E-state index contributed by atoms with van der Waals surface area (Å²) in [5, 5.41) is 0. The number of likely N-dealkylation sites (tertiary alicyclic amines) is 1. The minimum atomic E-state index is 0.432. The van der Waals surface area contributed by atoms with Crippen molar-refractivity contribution in [3.05, 3.63) is 24.0 Å². The van der Waals surface area contributed by atoms with Crippen LogP contribution in [0, 0.1) is 0 Å². The Kier molecular flexibility index (Phi) is 4.66. The molecule has 0 N–H and O–H groups in total. The number of halogens is 1. The van der Waals surface area contributed by atoms with E-state index in [1.807, 2.05) is 12.1 Å². The number of fused-ring (bicyclic) bond motifs is 1. The number of methoxy groups -OCH3 is 1. The Morgan fingerprint density at radius 3 is 2.76 bits per heavy atom. The van der Waals surface area contributed by atoms with Crippen molar-refractivity contribution in [2.45, 2.75) is 31.7 Å². The Morgan fingerprint density at radius 2 is 2.05 bits per heavy atom. The van der Waals surface area contributed by atoms with Gasteiger partial charge in [-0.15, -0.1) is 11.6 Å². The van der Waals surface area contributed by atoms with Crippen molar-refractivity contribution in [3.8, 4) is 5.75 Å². The smallest absolute Gasteiger partial charge is 0.146 e. The predicted molar refractivity (Wildman–Crippen MR) is 86.1 cm³/mol. The molecule has 2 aromatic rings. The van der Waals surface area contributed by atoms with Gasteiger partial charge in [0.15, 0.2) is 0 Å². The highest BCUT2D eigenvalue weighted by molar-refractivity contribution is 6.16. The second kappa shape index (κ2) is 6.67. The van der Waals surface area contributed by atoms with Gasteiger partial charge in [-0.3, -0.25) is 0 Å². The van der Waals surface area contributed by atoms with Gasteiger partial charge in [0.05, 0.1) is 18.5 Å². The van der Waals surface area contributed by atoms with Crippen LogP contribution in [-0.4, -0.2) is 41.2 Å². The molecular formula is C16H22ClN3O. The van der Waals surface area contributed by atoms with Crippen molar-refractivity contribution in [2.75, 3.05) is 26.7 Å². The van der Waals surface area contributed by atoms with Crippen LogP contribution in [0.3, 0.4) is 0 Å². The second-order valence-corrected chi connectivity index (χ2v) is 5.81. The van der Waals surface area contributed by atoms with E-state index < -0.39 is 0 Å². The van der Waals surface area contributed by atoms with E-state index in [4.69, 9.17) is 16.3 Å². The van der Waals surface area contributed by atoms with Crippen LogP contribution < -0.4 is 4.74 Å². The molecule has 0 radical (unpaired) electrons. The number of aromatic nitrogens is 2. The largest absolute Gasteiger partial charge is 0.494 e. The van der Waals surface area contributed by atoms with Crippen LogP contribution in [0.4, 0.5) is 0 Å². The van der Waals surface area contributed by atoms with Crippen LogP contribution in [-0.2, 0) is 12.4 Å². The van der Waals surface area contributed by atoms with Crippen molar-refractivity contribution in [2.24, 2.45) is 0 Å². The molecular weight excluding hydrogens is 286 g/mol. The van der Waals surface area contributed by atoms with Gasteiger partial charge in [0.25, 0.3) is 0 Å². The lowest BCUT2D eigenvalue weighted by molar-refractivity contribution is 0.325. The van der Waals surface area contributed by atoms with Crippen LogP contribution in [0.2, 0.25) is 0 Å². The Balaban J connectivity index is 1.79. The summed E-state index contributed by atoms with van der Waals surface area (Å²) in [4.78, 5) is 7.19. The molecule has 0 saturated carbocycles. The van der Waals surface area contributed by atoms with E-state index in [1.54, 1.807) is 7.11 Å². The first-order valence-corrected chi connectivity index (χ1v) is 8.17. The average Bonchev–Trinajstić information content (AvgIpc) is 3.14. The summed E-state index contributed by atoms with van der Waals surface area (Å²) in [5.74, 6) is 2.18. The summed E-state index contributed by atoms with van der Waals surface area (Å²) >= 11 is 6.07. The van der Waals surface area contributed by atoms with Crippen molar-refractivity contribution < 1.29 is 4.74 Å². The number of para-hydroxylation sites is 1. The molecule has 0 atom stereocenters. The van der Waals surface area contributed by atoms with E-state index >= 15 is 0 Å². The highest BCUT2D eigenvalue weighted by Gasteiger charge is 2.14. The van der Waals surface area contributed by atoms with Gasteiger partial charge in [-0.2, -0.15) is 0 Å². The maximum Gasteiger partial charge on any atom is 0.146 e. The van der Waals surface area contributed by atoms with Crippen LogP contribution in [0.1, 0.15) is 25.1 Å². The lowest BCUT2D eigenvalue weighted by Gasteiger charge is -2.15. The zero-order valence-corrected chi connectivity index (χ0v) is 13.3. The summed E-state index contributed by atoms with van der Waals surface area (Å²) in [6, 6.07) is 6.05. The molecule has 2 heterocycles. The Bertz CT molecular complexity index is 605. The summed E-state index contributed by atoms with van der Waals surface area (Å²) in [6.45, 7) is 4.62. The molecule has 0 bridgehead atoms. The molecule has 114 valence electrons. The fourth-order valence-corrected chi connectivity index (χ4v) is 3.35. The summed E-state index contributed by atoms with van der Waals surface area (Å²) < 4.78 is 7.64. The molecule has 3 rings (SSSR count). The number of hydrogen-bond donors (Lipinski definition) is 0. The van der Waals surface area contributed by atoms with E-state index in [9.17, 15) is 0 Å². The fraction of sp³-hybridized carbons (Fsp3) is 0.562. The quantitative estimate of drug-likeness (QED) is 0.767. The van der Waals surface area contributed by atoms with E-state index in [2.05, 4.69) is 20.5 Å². The topological polar surface area (TPSA) is 30.3 Å². The molecule has 4 nitrogen and oxygen atoms in total. The lowest BCUT2D eigenvalue weighted by atomic mass is 10.3. The van der Waals surface area contributed by atoms with Crippen molar-refractivity contribution in [3.63, 3.8) is 0 Å². The van der Waals surface area contributed by atoms with Crippen molar-refractivity contribution in [1.82, 2.24) is 14.5 Å². The number of imidazole rings is 1. The third-order valence-corrected chi connectivity index (χ3v) is 4.45. The van der Waals surface area contributed by atoms with Gasteiger partial charge in [-0.05, 0) is 51.0 Å². The van der Waals surface area contributed by atoms with E-state index in [0.717, 1.165) is 42.1 Å². The maximum atomic E-state index is 6.07. The first-order chi connectivity index (χ1) is 10.3. The summed E-state index contributed by atoms with van der Waals surface area (Å²) in [7, 11) is 1.68. The molecule has 1 saturated heterocycles. The monoisotopic (exact) mass is 307 g/mol. The standard InChI is InChI=1S/C16H22ClN3O/c1-21-14-7-4-6-13-16(14)18-15(12-17)20(13)11-5-10-19-8-2-3-9-19/h4,6-7H,2-3,5,8-12H2,1H3. The van der Waals surface area contributed by atoms with Gasteiger partial charge < -0.3 is 14.2 Å². The highest BCUT2D eigenvalue weighted by Crippen LogP contribution is 2.26. The van der Waals surface area contributed by atoms with E-state index in [1.165, 1.54) is 25.9 Å². The number of aryl methyl sites for hydroxylation is 1. The van der Waals surface area contributed by atoms with E-state index in [-0.39, 0.29) is 0 Å². The molecule has 0 spiro atoms. The highest BCUT2D eigenvalue weighted by atomic mass is 35.5. The van der Waals surface area contributed by atoms with Crippen LogP contribution in [0.5, 0.6) is 5.75 Å². The molecule has 0 aliphatic carbocycles. The number of alkyl halides is 1. The Morgan fingerprint density at radius 1 is 1.24 bits per heavy atom. The third-order valence-electron chi connectivity index (χ3n) is 4.22. The minimum Gasteiger partial charge on any atom is -0.494 e. The average molecular weight is 308 g/mol. The maximum absolute atomic E-state index is 6.07. The van der Waals surface area contributed by atoms with Crippen LogP contribution >= 0.6 is 11.6 Å². The molecule has 0 unspecified atom stereocenters. The van der Waals surface area contributed by atoms with Gasteiger partial charge in [-0.1, -0.05) is 6.07 Å². The predicted octanol–water partition coefficient (Wildman–Crippen LogP) is 3.27. The Labute approximate surface area is 130 Å². The molecule has 0 amide bonds. The van der Waals surface area contributed by atoms with E-state index in [0.29, 0.717) is 5.88 Å². The number of hydrogen-bond acceptors (Lipinski definition) is 3. The number of ether oxygens (including phenoxy) is 1. The van der Waals surface area contributed by atoms with Gasteiger partial charge in [0, 0.05) is 6.54 Å². The van der Waals surface area contributed by atoms with Gasteiger partial charge in [-0.25, -0.2) is 4.98 Å². The molecule has 1 aliphatic rings. The number of benzene rings is 1. The second-order valence-electron chi connectivity index (χ2n) is 5.54. The first kappa shape index (κ1) is 14.7. The summed E-state index contributed by atoms with van der Waals surface area (Å²) in [5.41, 5.74) is 2.03. The fourth-order valence-electron chi connectivity index (χ4n) is 3.14. The SMILES string of the molecule is COc1cccc2c1nc(CCl)n2CCCN1CCCC1. The third kappa shape index (κ3) is 3.01. The molecule has 21 heavy (non-hydrogen) atoms. The van der Waals surface area contributed by atoms with Gasteiger partial charge >= 0.3 is 0 Å². The molecule has 5 heteroatoms. The summed E-state index contributed by atoms with van der Waals surface area (Å²) in [6.07, 6.45) is 3.82. The number of nitrogens with zero attached hydrogens (tertiary/aromatic N) is 3. The van der Waals surface area contributed by atoms with Crippen LogP contribution in [0.25, 0.3) is 11.0 Å². The Hall–Kier alpha value is -1.26. The van der Waals surface area contributed by atoms with Crippen LogP contribution in [0.15, 0.2) is 18.2 Å². The lowest BCUT2D eigenvalue weighted by Crippen LogP contribution is -2.21. The minimum absolute atomic E-state index is 0.432. The van der Waals surface area contributed by atoms with Crippen molar-refractivity contribution in [1.29, 1.82) is 0 Å². The zero-order chi connectivity index (χ0) is 14.7. The molecule has 1 aromatic carbocycles. The van der Waals surface area contributed by atoms with Gasteiger partial charge in [0.2, 0.25) is 0 Å². The normalized spacial score (nSPS) is 15.9. The molecule has 1 fully saturated rings. The van der Waals surface area contributed by atoms with Gasteiger partial charge in [0.1, 0.15) is 17.1 Å². The first-order valence-electron chi connectivity index (χ1n) is 7.64. The van der Waals surface area contributed by atoms with Crippen molar-refractivity contribution >= 4 is 22.6 Å².